The molecule has 0 aromatic rings. The van der Waals surface area contributed by atoms with Gasteiger partial charge in [-0.05, 0) is 12.8 Å². The fourth-order valence-corrected chi connectivity index (χ4v) is 1.96. The Morgan fingerprint density at radius 2 is 1.50 bits per heavy atom. The highest BCUT2D eigenvalue weighted by Crippen LogP contribution is 2.10. The van der Waals surface area contributed by atoms with Crippen molar-refractivity contribution in [2.75, 3.05) is 0 Å². The second-order valence-corrected chi connectivity index (χ2v) is 4.89. The first kappa shape index (κ1) is 17.1. The second-order valence-electron chi connectivity index (χ2n) is 4.89. The molecular weight excluding hydrogens is 224 g/mol. The first-order valence-corrected chi connectivity index (χ1v) is 7.40. The van der Waals surface area contributed by atoms with E-state index in [0.29, 0.717) is 6.42 Å². The van der Waals surface area contributed by atoms with Crippen LogP contribution in [0, 0.1) is 5.92 Å². The second kappa shape index (κ2) is 14.1. The standard InChI is InChI=1S/C16H28O2/c1-2-3-4-5-6-7-8-9-10-11-12-16(15-18)13-14-17/h11-12,14-16H,2-10,13H2,1H3. The molecule has 1 atom stereocenters. The molecule has 2 nitrogen and oxygen atoms in total. The van der Waals surface area contributed by atoms with Gasteiger partial charge in [0.05, 0.1) is 0 Å². The SMILES string of the molecule is CCCCCCCCCCC=CC(C=O)CC=O. The summed E-state index contributed by atoms with van der Waals surface area (Å²) in [5.41, 5.74) is 0. The van der Waals surface area contributed by atoms with Crippen molar-refractivity contribution < 1.29 is 9.59 Å². The summed E-state index contributed by atoms with van der Waals surface area (Å²) < 4.78 is 0. The number of carbonyl (C=O) groups excluding carboxylic acids is 2. The summed E-state index contributed by atoms with van der Waals surface area (Å²) in [5.74, 6) is -0.212. The molecule has 2 heteroatoms. The molecule has 104 valence electrons. The predicted molar refractivity (Wildman–Crippen MR) is 76.6 cm³/mol. The fraction of sp³-hybridized carbons (Fsp3) is 0.750. The maximum atomic E-state index is 10.6. The molecule has 0 aliphatic rings. The lowest BCUT2D eigenvalue weighted by molar-refractivity contribution is -0.114. The van der Waals surface area contributed by atoms with E-state index in [1.165, 1.54) is 51.4 Å². The molecule has 1 unspecified atom stereocenters. The molecule has 0 bridgehead atoms. The number of hydrogen-bond donors (Lipinski definition) is 0. The first-order chi connectivity index (χ1) is 8.85. The zero-order valence-corrected chi connectivity index (χ0v) is 11.8. The van der Waals surface area contributed by atoms with Crippen LogP contribution in [0.4, 0.5) is 0 Å². The minimum Gasteiger partial charge on any atom is -0.303 e. The van der Waals surface area contributed by atoms with Crippen LogP contribution in [0.5, 0.6) is 0 Å². The van der Waals surface area contributed by atoms with Crippen molar-refractivity contribution >= 4 is 12.6 Å². The number of aldehydes is 2. The van der Waals surface area contributed by atoms with E-state index in [0.717, 1.165) is 19.0 Å². The summed E-state index contributed by atoms with van der Waals surface area (Å²) in [7, 11) is 0. The summed E-state index contributed by atoms with van der Waals surface area (Å²) in [6, 6.07) is 0. The quantitative estimate of drug-likeness (QED) is 0.275. The third-order valence-corrected chi connectivity index (χ3v) is 3.15. The van der Waals surface area contributed by atoms with E-state index < -0.39 is 0 Å². The Hall–Kier alpha value is -0.920. The number of allylic oxidation sites excluding steroid dienone is 2. The van der Waals surface area contributed by atoms with Crippen molar-refractivity contribution in [1.29, 1.82) is 0 Å². The molecule has 0 aliphatic carbocycles. The summed E-state index contributed by atoms with van der Waals surface area (Å²) in [4.78, 5) is 20.8. The molecule has 0 rings (SSSR count). The summed E-state index contributed by atoms with van der Waals surface area (Å²) in [5, 5.41) is 0. The predicted octanol–water partition coefficient (Wildman–Crippen LogP) is 4.48. The van der Waals surface area contributed by atoms with Crippen LogP contribution in [0.15, 0.2) is 12.2 Å². The van der Waals surface area contributed by atoms with Gasteiger partial charge in [0.2, 0.25) is 0 Å². The lowest BCUT2D eigenvalue weighted by Crippen LogP contribution is -1.97. The molecule has 0 N–H and O–H groups in total. The third-order valence-electron chi connectivity index (χ3n) is 3.15. The molecular formula is C16H28O2. The maximum Gasteiger partial charge on any atom is 0.127 e. The normalized spacial score (nSPS) is 12.7. The molecule has 0 fully saturated rings. The Bertz CT molecular complexity index is 221. The van der Waals surface area contributed by atoms with Crippen molar-refractivity contribution in [2.45, 2.75) is 71.1 Å². The highest BCUT2D eigenvalue weighted by molar-refractivity contribution is 5.64. The lowest BCUT2D eigenvalue weighted by atomic mass is 10.1. The van der Waals surface area contributed by atoms with Crippen LogP contribution in [0.1, 0.15) is 71.1 Å². The Balaban J connectivity index is 3.30. The monoisotopic (exact) mass is 252 g/mol. The van der Waals surface area contributed by atoms with Gasteiger partial charge in [-0.3, -0.25) is 0 Å². The van der Waals surface area contributed by atoms with Crippen LogP contribution >= 0.6 is 0 Å². The van der Waals surface area contributed by atoms with Crippen molar-refractivity contribution in [2.24, 2.45) is 5.92 Å². The average Bonchev–Trinajstić information content (AvgIpc) is 2.39. The number of hydrogen-bond acceptors (Lipinski definition) is 2. The van der Waals surface area contributed by atoms with Crippen LogP contribution in [0.3, 0.4) is 0 Å². The Labute approximate surface area is 112 Å². The number of carbonyl (C=O) groups is 2. The molecule has 0 aromatic carbocycles. The molecule has 0 amide bonds. The zero-order valence-electron chi connectivity index (χ0n) is 11.8. The summed E-state index contributed by atoms with van der Waals surface area (Å²) >= 11 is 0. The van der Waals surface area contributed by atoms with Gasteiger partial charge in [-0.15, -0.1) is 0 Å². The topological polar surface area (TPSA) is 34.1 Å². The van der Waals surface area contributed by atoms with E-state index in [1.807, 2.05) is 12.2 Å². The largest absolute Gasteiger partial charge is 0.303 e. The molecule has 18 heavy (non-hydrogen) atoms. The van der Waals surface area contributed by atoms with Gasteiger partial charge >= 0.3 is 0 Å². The van der Waals surface area contributed by atoms with Gasteiger partial charge in [-0.2, -0.15) is 0 Å². The lowest BCUT2D eigenvalue weighted by Gasteiger charge is -2.00. The van der Waals surface area contributed by atoms with Crippen molar-refractivity contribution in [1.82, 2.24) is 0 Å². The van der Waals surface area contributed by atoms with Crippen LogP contribution < -0.4 is 0 Å². The zero-order chi connectivity index (χ0) is 13.5. The Kier molecular flexibility index (Phi) is 13.4. The van der Waals surface area contributed by atoms with Gasteiger partial charge in [0.25, 0.3) is 0 Å². The van der Waals surface area contributed by atoms with Gasteiger partial charge in [0.15, 0.2) is 0 Å². The van der Waals surface area contributed by atoms with E-state index in [9.17, 15) is 9.59 Å². The van der Waals surface area contributed by atoms with Crippen molar-refractivity contribution in [3.8, 4) is 0 Å². The smallest absolute Gasteiger partial charge is 0.127 e. The van der Waals surface area contributed by atoms with E-state index in [4.69, 9.17) is 0 Å². The summed E-state index contributed by atoms with van der Waals surface area (Å²) in [6.45, 7) is 2.24. The maximum absolute atomic E-state index is 10.6. The van der Waals surface area contributed by atoms with Crippen molar-refractivity contribution in [3.05, 3.63) is 12.2 Å². The van der Waals surface area contributed by atoms with Gasteiger partial charge in [-0.25, -0.2) is 0 Å². The van der Waals surface area contributed by atoms with E-state index in [2.05, 4.69) is 6.92 Å². The van der Waals surface area contributed by atoms with Crippen LogP contribution in [0.2, 0.25) is 0 Å². The highest BCUT2D eigenvalue weighted by atomic mass is 16.1. The number of rotatable bonds is 13. The van der Waals surface area contributed by atoms with Crippen LogP contribution in [-0.2, 0) is 9.59 Å². The molecule has 0 heterocycles. The van der Waals surface area contributed by atoms with Gasteiger partial charge < -0.3 is 9.59 Å². The van der Waals surface area contributed by atoms with Gasteiger partial charge in [0, 0.05) is 12.3 Å². The molecule has 0 aliphatic heterocycles. The van der Waals surface area contributed by atoms with E-state index in [1.54, 1.807) is 0 Å². The minimum atomic E-state index is -0.212. The van der Waals surface area contributed by atoms with E-state index in [-0.39, 0.29) is 5.92 Å². The molecule has 0 radical (unpaired) electrons. The molecule has 0 saturated heterocycles. The summed E-state index contributed by atoms with van der Waals surface area (Å²) in [6.07, 6.45) is 17.5. The fourth-order valence-electron chi connectivity index (χ4n) is 1.96. The minimum absolute atomic E-state index is 0.212. The average molecular weight is 252 g/mol. The molecule has 0 saturated carbocycles. The van der Waals surface area contributed by atoms with E-state index >= 15 is 0 Å². The Morgan fingerprint density at radius 3 is 2.06 bits per heavy atom. The third kappa shape index (κ3) is 11.6. The molecule has 0 aromatic heterocycles. The van der Waals surface area contributed by atoms with Gasteiger partial charge in [-0.1, -0.05) is 64.0 Å². The number of unbranched alkanes of at least 4 members (excludes halogenated alkanes) is 8. The van der Waals surface area contributed by atoms with Crippen LogP contribution in [-0.4, -0.2) is 12.6 Å². The van der Waals surface area contributed by atoms with Crippen molar-refractivity contribution in [3.63, 3.8) is 0 Å². The van der Waals surface area contributed by atoms with Gasteiger partial charge in [0.1, 0.15) is 12.6 Å². The molecule has 0 spiro atoms. The first-order valence-electron chi connectivity index (χ1n) is 7.40. The Morgan fingerprint density at radius 1 is 0.889 bits per heavy atom. The van der Waals surface area contributed by atoms with Crippen LogP contribution in [0.25, 0.3) is 0 Å². The highest BCUT2D eigenvalue weighted by Gasteiger charge is 1.99.